The van der Waals surface area contributed by atoms with Gasteiger partial charge in [0.2, 0.25) is 0 Å². The third-order valence-electron chi connectivity index (χ3n) is 3.14. The van der Waals surface area contributed by atoms with Crippen LogP contribution in [0.4, 0.5) is 0 Å². The van der Waals surface area contributed by atoms with Crippen molar-refractivity contribution in [3.05, 3.63) is 48.0 Å². The van der Waals surface area contributed by atoms with E-state index < -0.39 is 5.92 Å². The Morgan fingerprint density at radius 2 is 1.84 bits per heavy atom. The van der Waals surface area contributed by atoms with Crippen molar-refractivity contribution in [3.8, 4) is 6.07 Å². The third-order valence-corrected chi connectivity index (χ3v) is 3.14. The van der Waals surface area contributed by atoms with Crippen LogP contribution in [-0.4, -0.2) is 11.6 Å². The van der Waals surface area contributed by atoms with Crippen LogP contribution >= 0.6 is 0 Å². The maximum Gasteiger partial charge on any atom is 0.174 e. The van der Waals surface area contributed by atoms with Gasteiger partial charge in [-0.15, -0.1) is 0 Å². The molecule has 3 nitrogen and oxygen atoms in total. The summed E-state index contributed by atoms with van der Waals surface area (Å²) in [4.78, 5) is 23.7. The molecule has 0 saturated heterocycles. The zero-order valence-corrected chi connectivity index (χ0v) is 10.6. The number of rotatable bonds is 4. The van der Waals surface area contributed by atoms with E-state index in [1.54, 1.807) is 12.1 Å². The molecule has 0 aromatic heterocycles. The van der Waals surface area contributed by atoms with E-state index in [0.29, 0.717) is 5.56 Å². The van der Waals surface area contributed by atoms with E-state index in [1.807, 2.05) is 36.4 Å². The Morgan fingerprint density at radius 1 is 1.16 bits per heavy atom. The van der Waals surface area contributed by atoms with Crippen LogP contribution in [0.15, 0.2) is 42.5 Å². The number of hydrogen-bond donors (Lipinski definition) is 0. The predicted molar refractivity (Wildman–Crippen MR) is 72.7 cm³/mol. The molecule has 0 heterocycles. The van der Waals surface area contributed by atoms with Crippen molar-refractivity contribution in [2.75, 3.05) is 0 Å². The van der Waals surface area contributed by atoms with E-state index in [2.05, 4.69) is 0 Å². The molecule has 1 unspecified atom stereocenters. The summed E-state index contributed by atoms with van der Waals surface area (Å²) in [6, 6.07) is 14.9. The van der Waals surface area contributed by atoms with Crippen LogP contribution in [0, 0.1) is 17.2 Å². The highest BCUT2D eigenvalue weighted by molar-refractivity contribution is 6.11. The molecule has 1 atom stereocenters. The predicted octanol–water partition coefficient (Wildman–Crippen LogP) is 3.14. The molecule has 2 rings (SSSR count). The van der Waals surface area contributed by atoms with Crippen LogP contribution in [0.25, 0.3) is 10.8 Å². The Kier molecular flexibility index (Phi) is 3.72. The molecule has 0 radical (unpaired) electrons. The number of nitriles is 1. The van der Waals surface area contributed by atoms with Gasteiger partial charge in [-0.25, -0.2) is 0 Å². The van der Waals surface area contributed by atoms with Crippen molar-refractivity contribution in [3.63, 3.8) is 0 Å². The van der Waals surface area contributed by atoms with Gasteiger partial charge in [0.05, 0.1) is 18.4 Å². The first kappa shape index (κ1) is 13.0. The minimum absolute atomic E-state index is 0.0685. The van der Waals surface area contributed by atoms with Gasteiger partial charge in [-0.3, -0.25) is 9.59 Å². The number of Topliss-reactive ketones (excluding diaryl/α,β-unsaturated/α-hetero) is 2. The fourth-order valence-corrected chi connectivity index (χ4v) is 2.06. The number of carbonyl (C=O) groups excluding carboxylic acids is 2. The van der Waals surface area contributed by atoms with Gasteiger partial charge in [-0.05, 0) is 23.8 Å². The Balaban J connectivity index is 2.40. The zero-order valence-electron chi connectivity index (χ0n) is 10.6. The lowest BCUT2D eigenvalue weighted by Gasteiger charge is -2.09. The number of ketones is 2. The van der Waals surface area contributed by atoms with Gasteiger partial charge in [-0.2, -0.15) is 5.26 Å². The molecule has 0 amide bonds. The lowest BCUT2D eigenvalue weighted by molar-refractivity contribution is -0.119. The summed E-state index contributed by atoms with van der Waals surface area (Å²) in [6.07, 6.45) is -0.0685. The Hall–Kier alpha value is -2.47. The van der Waals surface area contributed by atoms with Crippen molar-refractivity contribution >= 4 is 22.3 Å². The van der Waals surface area contributed by atoms with Crippen LogP contribution in [-0.2, 0) is 4.79 Å². The molecule has 19 heavy (non-hydrogen) atoms. The first-order chi connectivity index (χ1) is 9.13. The summed E-state index contributed by atoms with van der Waals surface area (Å²) in [5, 5.41) is 10.7. The highest BCUT2D eigenvalue weighted by Crippen LogP contribution is 2.19. The maximum absolute atomic E-state index is 12.2. The molecular weight excluding hydrogens is 238 g/mol. The van der Waals surface area contributed by atoms with Gasteiger partial charge < -0.3 is 0 Å². The summed E-state index contributed by atoms with van der Waals surface area (Å²) in [6.45, 7) is 1.35. The summed E-state index contributed by atoms with van der Waals surface area (Å²) >= 11 is 0. The second-order valence-corrected chi connectivity index (χ2v) is 4.45. The van der Waals surface area contributed by atoms with Crippen molar-refractivity contribution in [2.24, 2.45) is 5.92 Å². The number of hydrogen-bond acceptors (Lipinski definition) is 3. The first-order valence-electron chi connectivity index (χ1n) is 6.04. The van der Waals surface area contributed by atoms with Gasteiger partial charge in [0, 0.05) is 5.56 Å². The minimum atomic E-state index is -0.855. The van der Waals surface area contributed by atoms with E-state index in [9.17, 15) is 9.59 Å². The average molecular weight is 251 g/mol. The molecule has 0 saturated carbocycles. The Morgan fingerprint density at radius 3 is 2.47 bits per heavy atom. The second kappa shape index (κ2) is 5.45. The van der Waals surface area contributed by atoms with Gasteiger partial charge >= 0.3 is 0 Å². The molecular formula is C16H13NO2. The summed E-state index contributed by atoms with van der Waals surface area (Å²) in [5.74, 6) is -1.40. The molecule has 0 aliphatic heterocycles. The van der Waals surface area contributed by atoms with Crippen molar-refractivity contribution in [1.82, 2.24) is 0 Å². The van der Waals surface area contributed by atoms with E-state index in [-0.39, 0.29) is 18.0 Å². The average Bonchev–Trinajstić information content (AvgIpc) is 2.43. The summed E-state index contributed by atoms with van der Waals surface area (Å²) in [7, 11) is 0. The molecule has 2 aromatic rings. The second-order valence-electron chi connectivity index (χ2n) is 4.45. The van der Waals surface area contributed by atoms with Crippen LogP contribution < -0.4 is 0 Å². The largest absolute Gasteiger partial charge is 0.299 e. The first-order valence-corrected chi connectivity index (χ1v) is 6.04. The van der Waals surface area contributed by atoms with Crippen LogP contribution in [0.5, 0.6) is 0 Å². The normalized spacial score (nSPS) is 11.8. The van der Waals surface area contributed by atoms with E-state index in [4.69, 9.17) is 5.26 Å². The minimum Gasteiger partial charge on any atom is -0.299 e. The van der Waals surface area contributed by atoms with E-state index in [0.717, 1.165) is 10.8 Å². The monoisotopic (exact) mass is 251 g/mol. The fourth-order valence-electron chi connectivity index (χ4n) is 2.06. The number of benzene rings is 2. The third kappa shape index (κ3) is 2.69. The van der Waals surface area contributed by atoms with Gasteiger partial charge in [0.15, 0.2) is 5.78 Å². The maximum atomic E-state index is 12.2. The Labute approximate surface area is 111 Å². The smallest absolute Gasteiger partial charge is 0.174 e. The summed E-state index contributed by atoms with van der Waals surface area (Å²) in [5.41, 5.74) is 0.481. The van der Waals surface area contributed by atoms with E-state index >= 15 is 0 Å². The van der Waals surface area contributed by atoms with Crippen LogP contribution in [0.3, 0.4) is 0 Å². The molecule has 0 fully saturated rings. The highest BCUT2D eigenvalue weighted by Gasteiger charge is 2.24. The van der Waals surface area contributed by atoms with Crippen LogP contribution in [0.1, 0.15) is 23.7 Å². The molecule has 0 aliphatic carbocycles. The number of nitrogens with zero attached hydrogens (tertiary/aromatic N) is 1. The van der Waals surface area contributed by atoms with Gasteiger partial charge in [0.1, 0.15) is 5.78 Å². The van der Waals surface area contributed by atoms with Crippen molar-refractivity contribution in [1.29, 1.82) is 5.26 Å². The molecule has 0 aliphatic rings. The summed E-state index contributed by atoms with van der Waals surface area (Å²) < 4.78 is 0. The van der Waals surface area contributed by atoms with E-state index in [1.165, 1.54) is 6.92 Å². The molecule has 3 heteroatoms. The van der Waals surface area contributed by atoms with Gasteiger partial charge in [-0.1, -0.05) is 36.4 Å². The van der Waals surface area contributed by atoms with Crippen molar-refractivity contribution < 1.29 is 9.59 Å². The highest BCUT2D eigenvalue weighted by atomic mass is 16.1. The Bertz CT molecular complexity index is 682. The topological polar surface area (TPSA) is 57.9 Å². The molecule has 0 N–H and O–H groups in total. The quantitative estimate of drug-likeness (QED) is 0.619. The molecule has 2 aromatic carbocycles. The fraction of sp³-hybridized carbons (Fsp3) is 0.188. The number of fused-ring (bicyclic) bond motifs is 1. The number of carbonyl (C=O) groups is 2. The van der Waals surface area contributed by atoms with Crippen molar-refractivity contribution in [2.45, 2.75) is 13.3 Å². The molecule has 0 bridgehead atoms. The zero-order chi connectivity index (χ0) is 13.8. The van der Waals surface area contributed by atoms with Crippen LogP contribution in [0.2, 0.25) is 0 Å². The lowest BCUT2D eigenvalue weighted by atomic mass is 9.91. The standard InChI is InChI=1S/C16H13NO2/c1-11(18)15(8-9-17)16(19)14-7-6-12-4-2-3-5-13(12)10-14/h2-7,10,15H,8H2,1H3. The molecule has 94 valence electrons. The van der Waals surface area contributed by atoms with Gasteiger partial charge in [0.25, 0.3) is 0 Å². The SMILES string of the molecule is CC(=O)C(CC#N)C(=O)c1ccc2ccccc2c1. The lowest BCUT2D eigenvalue weighted by Crippen LogP contribution is -2.21. The molecule has 0 spiro atoms.